The Morgan fingerprint density at radius 3 is 2.61 bits per heavy atom. The molecule has 0 atom stereocenters. The lowest BCUT2D eigenvalue weighted by Gasteiger charge is -2.05. The minimum Gasteiger partial charge on any atom is -0.236 e. The fourth-order valence-electron chi connectivity index (χ4n) is 1.70. The van der Waals surface area contributed by atoms with Gasteiger partial charge in [-0.05, 0) is 40.2 Å². The van der Waals surface area contributed by atoms with Gasteiger partial charge in [0.1, 0.15) is 5.01 Å². The van der Waals surface area contributed by atoms with Crippen molar-refractivity contribution in [2.24, 2.45) is 0 Å². The van der Waals surface area contributed by atoms with Crippen molar-refractivity contribution in [3.63, 3.8) is 0 Å². The number of aromatic nitrogens is 1. The first-order chi connectivity index (χ1) is 8.66. The summed E-state index contributed by atoms with van der Waals surface area (Å²) in [6.07, 6.45) is 0. The molecular weight excluding hydrogens is 397 g/mol. The maximum absolute atomic E-state index is 6.14. The molecule has 1 aromatic heterocycles. The molecule has 0 spiro atoms. The summed E-state index contributed by atoms with van der Waals surface area (Å²) in [7, 11) is 0. The largest absolute Gasteiger partial charge is 0.236 e. The molecule has 0 aliphatic carbocycles. The van der Waals surface area contributed by atoms with E-state index in [4.69, 9.17) is 11.6 Å². The first-order valence-corrected chi connectivity index (χ1v) is 7.94. The summed E-state index contributed by atoms with van der Waals surface area (Å²) in [5.74, 6) is 0. The number of halogens is 3. The van der Waals surface area contributed by atoms with Gasteiger partial charge in [0.05, 0.1) is 15.2 Å². The lowest BCUT2D eigenvalue weighted by molar-refractivity contribution is 1.45. The molecule has 3 aromatic rings. The van der Waals surface area contributed by atoms with Crippen molar-refractivity contribution in [3.05, 3.63) is 50.4 Å². The first-order valence-electron chi connectivity index (χ1n) is 5.16. The molecule has 90 valence electrons. The van der Waals surface area contributed by atoms with Crippen molar-refractivity contribution in [2.45, 2.75) is 0 Å². The van der Waals surface area contributed by atoms with E-state index in [9.17, 15) is 0 Å². The Morgan fingerprint density at radius 1 is 1.06 bits per heavy atom. The number of fused-ring (bicyclic) bond motifs is 1. The molecule has 0 saturated carbocycles. The Kier molecular flexibility index (Phi) is 3.45. The van der Waals surface area contributed by atoms with Gasteiger partial charge in [-0.3, -0.25) is 0 Å². The van der Waals surface area contributed by atoms with Crippen molar-refractivity contribution >= 4 is 65.0 Å². The summed E-state index contributed by atoms with van der Waals surface area (Å²) in [5.41, 5.74) is 2.01. The molecule has 2 aromatic carbocycles. The van der Waals surface area contributed by atoms with Gasteiger partial charge in [-0.2, -0.15) is 0 Å². The smallest absolute Gasteiger partial charge is 0.126 e. The highest BCUT2D eigenvalue weighted by atomic mass is 79.9. The third kappa shape index (κ3) is 2.11. The van der Waals surface area contributed by atoms with Crippen LogP contribution in [0.25, 0.3) is 20.8 Å². The van der Waals surface area contributed by atoms with Crippen molar-refractivity contribution in [1.29, 1.82) is 0 Å². The predicted octanol–water partition coefficient (Wildman–Crippen LogP) is 6.14. The highest BCUT2D eigenvalue weighted by Crippen LogP contribution is 2.42. The summed E-state index contributed by atoms with van der Waals surface area (Å²) in [6, 6.07) is 11.9. The van der Waals surface area contributed by atoms with Crippen LogP contribution in [0.5, 0.6) is 0 Å². The number of hydrogen-bond donors (Lipinski definition) is 0. The Balaban J connectivity index is 2.29. The van der Waals surface area contributed by atoms with Crippen molar-refractivity contribution < 1.29 is 0 Å². The number of benzene rings is 2. The van der Waals surface area contributed by atoms with E-state index in [0.717, 1.165) is 25.0 Å². The molecule has 0 aliphatic rings. The van der Waals surface area contributed by atoms with Crippen molar-refractivity contribution in [1.82, 2.24) is 4.98 Å². The van der Waals surface area contributed by atoms with Crippen molar-refractivity contribution in [3.8, 4) is 10.6 Å². The monoisotopic (exact) mass is 401 g/mol. The minimum absolute atomic E-state index is 0.687. The van der Waals surface area contributed by atoms with Crippen LogP contribution in [0, 0.1) is 0 Å². The second-order valence-corrected chi connectivity index (χ2v) is 6.79. The molecule has 0 fully saturated rings. The number of hydrogen-bond acceptors (Lipinski definition) is 2. The molecule has 0 aliphatic heterocycles. The molecular formula is C13H6Br2ClNS. The lowest BCUT2D eigenvalue weighted by atomic mass is 10.2. The molecule has 5 heteroatoms. The third-order valence-electron chi connectivity index (χ3n) is 2.55. The first kappa shape index (κ1) is 12.6. The Labute approximate surface area is 130 Å². The zero-order valence-electron chi connectivity index (χ0n) is 8.95. The lowest BCUT2D eigenvalue weighted by Crippen LogP contribution is -1.82. The average Bonchev–Trinajstić information content (AvgIpc) is 2.77. The van der Waals surface area contributed by atoms with Crippen LogP contribution < -0.4 is 0 Å². The molecule has 0 bridgehead atoms. The summed E-state index contributed by atoms with van der Waals surface area (Å²) in [6.45, 7) is 0. The standard InChI is InChI=1S/C13H6Br2ClNS/c14-7-5-6-8(16)12(15)11(7)13-17-9-3-1-2-4-10(9)18-13/h1-6H. The van der Waals surface area contributed by atoms with Gasteiger partial charge in [-0.1, -0.05) is 39.7 Å². The zero-order valence-corrected chi connectivity index (χ0v) is 13.7. The predicted molar refractivity (Wildman–Crippen MR) is 85.5 cm³/mol. The van der Waals surface area contributed by atoms with Crippen molar-refractivity contribution in [2.75, 3.05) is 0 Å². The van der Waals surface area contributed by atoms with Crippen LogP contribution in [0.15, 0.2) is 45.3 Å². The zero-order chi connectivity index (χ0) is 12.7. The summed E-state index contributed by atoms with van der Waals surface area (Å²) >= 11 is 14.9. The molecule has 0 unspecified atom stereocenters. The molecule has 0 N–H and O–H groups in total. The number of nitrogens with zero attached hydrogens (tertiary/aromatic N) is 1. The van der Waals surface area contributed by atoms with Gasteiger partial charge in [0.25, 0.3) is 0 Å². The van der Waals surface area contributed by atoms with E-state index in [1.54, 1.807) is 11.3 Å². The van der Waals surface area contributed by atoms with Gasteiger partial charge in [-0.15, -0.1) is 11.3 Å². The molecule has 1 heterocycles. The van der Waals surface area contributed by atoms with Gasteiger partial charge in [0.2, 0.25) is 0 Å². The van der Waals surface area contributed by atoms with Crippen LogP contribution in [0.1, 0.15) is 0 Å². The second kappa shape index (κ2) is 4.93. The van der Waals surface area contributed by atoms with Gasteiger partial charge < -0.3 is 0 Å². The van der Waals surface area contributed by atoms with E-state index in [0.29, 0.717) is 5.02 Å². The molecule has 3 rings (SSSR count). The molecule has 0 saturated heterocycles. The molecule has 0 amide bonds. The van der Waals surface area contributed by atoms with Gasteiger partial charge in [0.15, 0.2) is 0 Å². The summed E-state index contributed by atoms with van der Waals surface area (Å²) in [5, 5.41) is 1.64. The fourth-order valence-corrected chi connectivity index (χ4v) is 4.47. The highest BCUT2D eigenvalue weighted by Gasteiger charge is 2.14. The van der Waals surface area contributed by atoms with Gasteiger partial charge in [0, 0.05) is 14.5 Å². The van der Waals surface area contributed by atoms with Crippen LogP contribution in [0.2, 0.25) is 5.02 Å². The Bertz CT molecular complexity index is 706. The van der Waals surface area contributed by atoms with E-state index >= 15 is 0 Å². The summed E-state index contributed by atoms with van der Waals surface area (Å²) in [4.78, 5) is 4.65. The quantitative estimate of drug-likeness (QED) is 0.445. The van der Waals surface area contributed by atoms with E-state index < -0.39 is 0 Å². The average molecular weight is 404 g/mol. The normalized spacial score (nSPS) is 11.1. The van der Waals surface area contributed by atoms with Crippen LogP contribution in [-0.4, -0.2) is 4.98 Å². The van der Waals surface area contributed by atoms with Gasteiger partial charge >= 0.3 is 0 Å². The van der Waals surface area contributed by atoms with E-state index in [1.165, 1.54) is 4.70 Å². The maximum Gasteiger partial charge on any atom is 0.126 e. The minimum atomic E-state index is 0.687. The molecule has 0 radical (unpaired) electrons. The summed E-state index contributed by atoms with van der Waals surface area (Å²) < 4.78 is 3.03. The number of para-hydroxylation sites is 1. The van der Waals surface area contributed by atoms with Crippen LogP contribution >= 0.6 is 54.8 Å². The number of rotatable bonds is 1. The fraction of sp³-hybridized carbons (Fsp3) is 0. The van der Waals surface area contributed by atoms with Crippen LogP contribution in [0.4, 0.5) is 0 Å². The Hall–Kier alpha value is -0.420. The Morgan fingerprint density at radius 2 is 1.83 bits per heavy atom. The SMILES string of the molecule is Clc1ccc(Br)c(-c2nc3ccccc3s2)c1Br. The highest BCUT2D eigenvalue weighted by molar-refractivity contribution is 9.11. The van der Waals surface area contributed by atoms with Crippen LogP contribution in [-0.2, 0) is 0 Å². The third-order valence-corrected chi connectivity index (χ3v) is 5.63. The van der Waals surface area contributed by atoms with Crippen LogP contribution in [0.3, 0.4) is 0 Å². The second-order valence-electron chi connectivity index (χ2n) is 3.70. The van der Waals surface area contributed by atoms with Gasteiger partial charge in [-0.25, -0.2) is 4.98 Å². The van der Waals surface area contributed by atoms with E-state index in [1.807, 2.05) is 30.3 Å². The molecule has 1 nitrogen and oxygen atoms in total. The topological polar surface area (TPSA) is 12.9 Å². The maximum atomic E-state index is 6.14. The molecule has 18 heavy (non-hydrogen) atoms. The van der Waals surface area contributed by atoms with E-state index in [2.05, 4.69) is 42.9 Å². The van der Waals surface area contributed by atoms with E-state index in [-0.39, 0.29) is 0 Å². The number of thiazole rings is 1.